The van der Waals surface area contributed by atoms with Gasteiger partial charge in [-0.2, -0.15) is 0 Å². The first-order valence-corrected chi connectivity index (χ1v) is 5.84. The minimum absolute atomic E-state index is 0.115. The molecule has 2 rings (SSSR count). The molecule has 2 heterocycles. The molecule has 0 radical (unpaired) electrons. The largest absolute Gasteiger partial charge is 0.376 e. The van der Waals surface area contributed by atoms with Gasteiger partial charge in [-0.3, -0.25) is 0 Å². The van der Waals surface area contributed by atoms with E-state index in [1.807, 2.05) is 13.8 Å². The number of nitrogens with zero attached hydrogens (tertiary/aromatic N) is 2. The van der Waals surface area contributed by atoms with Crippen LogP contribution in [0.2, 0.25) is 5.15 Å². The lowest BCUT2D eigenvalue weighted by molar-refractivity contribution is 0.0686. The first-order chi connectivity index (χ1) is 7.72. The van der Waals surface area contributed by atoms with E-state index in [4.69, 9.17) is 21.1 Å². The third-order valence-corrected chi connectivity index (χ3v) is 2.88. The molecular formula is C11H15ClN2O2. The zero-order chi connectivity index (χ0) is 11.5. The first kappa shape index (κ1) is 11.8. The monoisotopic (exact) mass is 242 g/mol. The van der Waals surface area contributed by atoms with Crippen LogP contribution in [0, 0.1) is 0 Å². The molecule has 1 atom stereocenters. The summed E-state index contributed by atoms with van der Waals surface area (Å²) in [4.78, 5) is 8.75. The van der Waals surface area contributed by atoms with E-state index in [9.17, 15) is 0 Å². The van der Waals surface area contributed by atoms with Crippen molar-refractivity contribution in [3.8, 4) is 0 Å². The van der Waals surface area contributed by atoms with Gasteiger partial charge in [0, 0.05) is 18.6 Å². The maximum atomic E-state index is 6.10. The van der Waals surface area contributed by atoms with E-state index in [2.05, 4.69) is 9.97 Å². The summed E-state index contributed by atoms with van der Waals surface area (Å²) in [6.45, 7) is 5.73. The molecule has 0 saturated heterocycles. The second-order valence-electron chi connectivity index (χ2n) is 3.70. The molecule has 0 N–H and O–H groups in total. The van der Waals surface area contributed by atoms with Gasteiger partial charge >= 0.3 is 0 Å². The molecule has 5 heteroatoms. The predicted molar refractivity (Wildman–Crippen MR) is 60.4 cm³/mol. The Morgan fingerprint density at radius 3 is 3.06 bits per heavy atom. The van der Waals surface area contributed by atoms with Crippen LogP contribution in [0.1, 0.15) is 37.0 Å². The molecule has 16 heavy (non-hydrogen) atoms. The van der Waals surface area contributed by atoms with Gasteiger partial charge in [0.2, 0.25) is 0 Å². The number of halogens is 1. The van der Waals surface area contributed by atoms with E-state index >= 15 is 0 Å². The molecule has 1 aromatic heterocycles. The number of hydrogen-bond acceptors (Lipinski definition) is 4. The van der Waals surface area contributed by atoms with E-state index in [1.165, 1.54) is 0 Å². The van der Waals surface area contributed by atoms with Crippen molar-refractivity contribution in [2.45, 2.75) is 33.0 Å². The Morgan fingerprint density at radius 1 is 1.50 bits per heavy atom. The molecule has 1 aliphatic heterocycles. The lowest BCUT2D eigenvalue weighted by Crippen LogP contribution is -2.16. The highest BCUT2D eigenvalue weighted by atomic mass is 35.5. The zero-order valence-corrected chi connectivity index (χ0v) is 10.3. The van der Waals surface area contributed by atoms with Crippen LogP contribution in [0.15, 0.2) is 0 Å². The molecule has 0 aromatic carbocycles. The van der Waals surface area contributed by atoms with Gasteiger partial charge in [0.05, 0.1) is 18.9 Å². The Morgan fingerprint density at radius 2 is 2.31 bits per heavy atom. The van der Waals surface area contributed by atoms with Crippen LogP contribution in [0.5, 0.6) is 0 Å². The molecule has 1 unspecified atom stereocenters. The number of hydrogen-bond donors (Lipinski definition) is 0. The van der Waals surface area contributed by atoms with Gasteiger partial charge in [-0.25, -0.2) is 9.97 Å². The van der Waals surface area contributed by atoms with Gasteiger partial charge in [0.1, 0.15) is 11.3 Å². The molecule has 0 saturated carbocycles. The van der Waals surface area contributed by atoms with Gasteiger partial charge in [-0.05, 0) is 13.8 Å². The number of aromatic nitrogens is 2. The third kappa shape index (κ3) is 2.34. The first-order valence-electron chi connectivity index (χ1n) is 5.47. The van der Waals surface area contributed by atoms with E-state index in [1.54, 1.807) is 0 Å². The summed E-state index contributed by atoms with van der Waals surface area (Å²) in [5.41, 5.74) is 1.91. The van der Waals surface area contributed by atoms with Gasteiger partial charge in [-0.15, -0.1) is 0 Å². The Kier molecular flexibility index (Phi) is 3.74. The van der Waals surface area contributed by atoms with Crippen molar-refractivity contribution in [3.05, 3.63) is 22.2 Å². The van der Waals surface area contributed by atoms with Crippen LogP contribution >= 0.6 is 11.6 Å². The van der Waals surface area contributed by atoms with Crippen LogP contribution in [-0.4, -0.2) is 23.2 Å². The summed E-state index contributed by atoms with van der Waals surface area (Å²) in [5.74, 6) is 0.660. The lowest BCUT2D eigenvalue weighted by Gasteiger charge is -2.19. The molecule has 1 aliphatic rings. The fourth-order valence-electron chi connectivity index (χ4n) is 1.72. The molecule has 1 aromatic rings. The van der Waals surface area contributed by atoms with Crippen LogP contribution in [0.25, 0.3) is 0 Å². The highest BCUT2D eigenvalue weighted by Gasteiger charge is 2.19. The summed E-state index contributed by atoms with van der Waals surface area (Å²) in [6, 6.07) is 0. The SMILES string of the molecule is CCOC(C)c1nc(Cl)c2c(n1)CCOC2. The highest BCUT2D eigenvalue weighted by Crippen LogP contribution is 2.24. The molecular weight excluding hydrogens is 228 g/mol. The Labute approximate surface area is 99.9 Å². The van der Waals surface area contributed by atoms with Crippen LogP contribution in [0.4, 0.5) is 0 Å². The van der Waals surface area contributed by atoms with E-state index in [-0.39, 0.29) is 6.10 Å². The van der Waals surface area contributed by atoms with E-state index in [0.717, 1.165) is 17.7 Å². The maximum absolute atomic E-state index is 6.10. The van der Waals surface area contributed by atoms with E-state index in [0.29, 0.717) is 30.8 Å². The van der Waals surface area contributed by atoms with Crippen molar-refractivity contribution < 1.29 is 9.47 Å². The number of fused-ring (bicyclic) bond motifs is 1. The average molecular weight is 243 g/mol. The molecule has 0 bridgehead atoms. The topological polar surface area (TPSA) is 44.2 Å². The van der Waals surface area contributed by atoms with E-state index < -0.39 is 0 Å². The zero-order valence-electron chi connectivity index (χ0n) is 9.49. The Bertz CT molecular complexity index is 384. The molecule has 88 valence electrons. The standard InChI is InChI=1S/C11H15ClN2O2/c1-3-16-7(2)11-13-9-4-5-15-6-8(9)10(12)14-11/h7H,3-6H2,1-2H3. The molecule has 0 aliphatic carbocycles. The highest BCUT2D eigenvalue weighted by molar-refractivity contribution is 6.30. The quantitative estimate of drug-likeness (QED) is 0.763. The fourth-order valence-corrected chi connectivity index (χ4v) is 1.97. The average Bonchev–Trinajstić information content (AvgIpc) is 2.29. The number of ether oxygens (including phenoxy) is 2. The number of rotatable bonds is 3. The van der Waals surface area contributed by atoms with Crippen LogP contribution in [-0.2, 0) is 22.5 Å². The Hall–Kier alpha value is -0.710. The van der Waals surface area contributed by atoms with Crippen molar-refractivity contribution in [1.29, 1.82) is 0 Å². The Balaban J connectivity index is 2.31. The summed E-state index contributed by atoms with van der Waals surface area (Å²) in [7, 11) is 0. The molecule has 0 amide bonds. The third-order valence-electron chi connectivity index (χ3n) is 2.57. The van der Waals surface area contributed by atoms with Crippen LogP contribution < -0.4 is 0 Å². The summed E-state index contributed by atoms with van der Waals surface area (Å²) in [5, 5.41) is 0.492. The van der Waals surface area contributed by atoms with Gasteiger partial charge in [0.15, 0.2) is 5.82 Å². The van der Waals surface area contributed by atoms with Crippen molar-refractivity contribution in [1.82, 2.24) is 9.97 Å². The predicted octanol–water partition coefficient (Wildman–Crippen LogP) is 2.30. The minimum Gasteiger partial charge on any atom is -0.376 e. The minimum atomic E-state index is -0.115. The fraction of sp³-hybridized carbons (Fsp3) is 0.636. The van der Waals surface area contributed by atoms with Crippen molar-refractivity contribution in [3.63, 3.8) is 0 Å². The van der Waals surface area contributed by atoms with Crippen molar-refractivity contribution >= 4 is 11.6 Å². The van der Waals surface area contributed by atoms with Gasteiger partial charge < -0.3 is 9.47 Å². The van der Waals surface area contributed by atoms with Gasteiger partial charge in [-0.1, -0.05) is 11.6 Å². The lowest BCUT2D eigenvalue weighted by atomic mass is 10.1. The molecule has 0 fully saturated rings. The van der Waals surface area contributed by atoms with Crippen molar-refractivity contribution in [2.75, 3.05) is 13.2 Å². The summed E-state index contributed by atoms with van der Waals surface area (Å²) >= 11 is 6.10. The summed E-state index contributed by atoms with van der Waals surface area (Å²) < 4.78 is 10.8. The van der Waals surface area contributed by atoms with Crippen LogP contribution in [0.3, 0.4) is 0 Å². The second-order valence-corrected chi connectivity index (χ2v) is 4.06. The molecule has 0 spiro atoms. The molecule has 4 nitrogen and oxygen atoms in total. The van der Waals surface area contributed by atoms with Gasteiger partial charge in [0.25, 0.3) is 0 Å². The smallest absolute Gasteiger partial charge is 0.158 e. The second kappa shape index (κ2) is 5.08. The normalized spacial score (nSPS) is 16.9. The van der Waals surface area contributed by atoms with Crippen molar-refractivity contribution in [2.24, 2.45) is 0 Å². The summed E-state index contributed by atoms with van der Waals surface area (Å²) in [6.07, 6.45) is 0.680. The maximum Gasteiger partial charge on any atom is 0.158 e.